The Morgan fingerprint density at radius 2 is 1.69 bits per heavy atom. The Kier molecular flexibility index (Phi) is 5.39. The van der Waals surface area contributed by atoms with Crippen LogP contribution in [0.1, 0.15) is 30.6 Å². The number of nitriles is 2. The number of hydrogen-bond donors (Lipinski definition) is 2. The molecule has 154 valence electrons. The highest BCUT2D eigenvalue weighted by molar-refractivity contribution is 7.16. The molecule has 32 heavy (non-hydrogen) atoms. The maximum Gasteiger partial charge on any atom is 0.349 e. The van der Waals surface area contributed by atoms with Crippen molar-refractivity contribution in [2.45, 2.75) is 0 Å². The van der Waals surface area contributed by atoms with Crippen molar-refractivity contribution in [3.8, 4) is 39.9 Å². The molecule has 4 aromatic rings. The Bertz CT molecular complexity index is 1460. The number of carbonyl (C=O) groups is 2. The van der Waals surface area contributed by atoms with Crippen molar-refractivity contribution in [3.63, 3.8) is 0 Å². The summed E-state index contributed by atoms with van der Waals surface area (Å²) < 4.78 is 1.32. The van der Waals surface area contributed by atoms with Crippen LogP contribution in [-0.2, 0) is 0 Å². The molecule has 2 N–H and O–H groups in total. The van der Waals surface area contributed by atoms with Crippen molar-refractivity contribution in [1.29, 1.82) is 10.5 Å². The van der Waals surface area contributed by atoms with E-state index in [2.05, 4.69) is 15.0 Å². The van der Waals surface area contributed by atoms with Gasteiger partial charge in [0.25, 0.3) is 0 Å². The van der Waals surface area contributed by atoms with Crippen molar-refractivity contribution < 1.29 is 24.4 Å². The lowest BCUT2D eigenvalue weighted by Gasteiger charge is -1.99. The number of hydrogen-bond acceptors (Lipinski definition) is 9. The number of benzene rings is 1. The molecule has 0 saturated carbocycles. The summed E-state index contributed by atoms with van der Waals surface area (Å²) in [5.41, 5.74) is 2.88. The van der Waals surface area contributed by atoms with Crippen LogP contribution >= 0.6 is 22.7 Å². The third kappa shape index (κ3) is 3.67. The van der Waals surface area contributed by atoms with Crippen LogP contribution in [0.5, 0.6) is 0 Å². The fourth-order valence-corrected chi connectivity index (χ4v) is 4.37. The highest BCUT2D eigenvalue weighted by atomic mass is 32.1. The first kappa shape index (κ1) is 20.7. The smallest absolute Gasteiger partial charge is 0.349 e. The molecule has 0 unspecified atom stereocenters. The number of carboxylic acids is 2. The Morgan fingerprint density at radius 1 is 0.969 bits per heavy atom. The van der Waals surface area contributed by atoms with Gasteiger partial charge in [0.15, 0.2) is 22.0 Å². The summed E-state index contributed by atoms with van der Waals surface area (Å²) in [7, 11) is 0. The minimum Gasteiger partial charge on any atom is -0.477 e. The molecule has 10 nitrogen and oxygen atoms in total. The minimum atomic E-state index is -1.19. The fourth-order valence-electron chi connectivity index (χ4n) is 2.82. The van der Waals surface area contributed by atoms with Gasteiger partial charge < -0.3 is 10.2 Å². The van der Waals surface area contributed by atoms with E-state index in [9.17, 15) is 25.1 Å². The van der Waals surface area contributed by atoms with Gasteiger partial charge in [-0.15, -0.1) is 16.3 Å². The molecule has 12 heteroatoms. The summed E-state index contributed by atoms with van der Waals surface area (Å²) in [4.78, 5) is 35.7. The zero-order valence-electron chi connectivity index (χ0n) is 15.8. The van der Waals surface area contributed by atoms with Crippen LogP contribution < -0.4 is 4.57 Å². The highest BCUT2D eigenvalue weighted by Crippen LogP contribution is 2.29. The second-order valence-electron chi connectivity index (χ2n) is 6.14. The van der Waals surface area contributed by atoms with Gasteiger partial charge in [0.05, 0.1) is 17.1 Å². The summed E-state index contributed by atoms with van der Waals surface area (Å²) in [6.45, 7) is 0. The summed E-state index contributed by atoms with van der Waals surface area (Å²) >= 11 is 1.79. The van der Waals surface area contributed by atoms with Gasteiger partial charge in [-0.1, -0.05) is 16.3 Å². The van der Waals surface area contributed by atoms with Crippen LogP contribution in [0.25, 0.3) is 27.8 Å². The average Bonchev–Trinajstić information content (AvgIpc) is 3.46. The number of aromatic carboxylic acids is 2. The largest absolute Gasteiger partial charge is 0.477 e. The number of thiazole rings is 2. The molecule has 0 spiro atoms. The zero-order chi connectivity index (χ0) is 22.8. The molecule has 0 aliphatic rings. The first-order valence-corrected chi connectivity index (χ1v) is 10.4. The van der Waals surface area contributed by atoms with Crippen molar-refractivity contribution in [1.82, 2.24) is 15.0 Å². The Balaban J connectivity index is 1.82. The van der Waals surface area contributed by atoms with Gasteiger partial charge in [-0.05, 0) is 24.3 Å². The second kappa shape index (κ2) is 8.31. The fraction of sp³-hybridized carbons (Fsp3) is 0. The predicted molar refractivity (Wildman–Crippen MR) is 111 cm³/mol. The van der Waals surface area contributed by atoms with Crippen LogP contribution in [0, 0.1) is 22.7 Å². The predicted octanol–water partition coefficient (Wildman–Crippen LogP) is 2.75. The molecule has 0 saturated heterocycles. The van der Waals surface area contributed by atoms with Crippen molar-refractivity contribution in [3.05, 3.63) is 63.2 Å². The van der Waals surface area contributed by atoms with Crippen LogP contribution in [0.3, 0.4) is 0 Å². The van der Waals surface area contributed by atoms with E-state index in [0.717, 1.165) is 22.7 Å². The Labute approximate surface area is 187 Å². The van der Waals surface area contributed by atoms with Gasteiger partial charge in [0, 0.05) is 11.6 Å². The molecule has 0 bridgehead atoms. The molecule has 3 aromatic heterocycles. The van der Waals surface area contributed by atoms with E-state index in [1.54, 1.807) is 24.3 Å². The van der Waals surface area contributed by atoms with Crippen LogP contribution in [0.4, 0.5) is 0 Å². The first-order chi connectivity index (χ1) is 15.4. The van der Waals surface area contributed by atoms with E-state index in [1.165, 1.54) is 22.5 Å². The topological polar surface area (TPSA) is 165 Å². The van der Waals surface area contributed by atoms with Crippen molar-refractivity contribution in [2.24, 2.45) is 0 Å². The Hall–Kier alpha value is -4.52. The van der Waals surface area contributed by atoms with Crippen molar-refractivity contribution in [2.75, 3.05) is 0 Å². The molecule has 1 aromatic carbocycles. The number of aromatic nitrogens is 4. The molecular formula is C20H9N6O4S2+. The maximum atomic E-state index is 11.8. The molecule has 0 atom stereocenters. The third-order valence-electron chi connectivity index (χ3n) is 4.27. The Morgan fingerprint density at radius 3 is 2.31 bits per heavy atom. The third-order valence-corrected chi connectivity index (χ3v) is 6.12. The lowest BCUT2D eigenvalue weighted by atomic mass is 10.1. The van der Waals surface area contributed by atoms with E-state index in [4.69, 9.17) is 5.26 Å². The molecule has 0 radical (unpaired) electrons. The van der Waals surface area contributed by atoms with E-state index in [1.807, 2.05) is 12.1 Å². The monoisotopic (exact) mass is 461 g/mol. The van der Waals surface area contributed by atoms with Crippen LogP contribution in [0.2, 0.25) is 0 Å². The minimum absolute atomic E-state index is 0.00958. The van der Waals surface area contributed by atoms with E-state index >= 15 is 0 Å². The van der Waals surface area contributed by atoms with Crippen LogP contribution in [-0.4, -0.2) is 37.1 Å². The molecule has 0 aliphatic heterocycles. The highest BCUT2D eigenvalue weighted by Gasteiger charge is 2.27. The van der Waals surface area contributed by atoms with Gasteiger partial charge >= 0.3 is 17.1 Å². The molecule has 0 fully saturated rings. The number of rotatable bonds is 5. The first-order valence-electron chi connectivity index (χ1n) is 8.67. The molecule has 4 rings (SSSR count). The number of nitrogens with zero attached hydrogens (tertiary/aromatic N) is 6. The van der Waals surface area contributed by atoms with E-state index in [0.29, 0.717) is 11.1 Å². The second-order valence-corrected chi connectivity index (χ2v) is 7.98. The van der Waals surface area contributed by atoms with Crippen LogP contribution in [0.15, 0.2) is 42.2 Å². The molecule has 0 amide bonds. The summed E-state index contributed by atoms with van der Waals surface area (Å²) in [6.07, 6.45) is 1.27. The van der Waals surface area contributed by atoms with Gasteiger partial charge in [-0.3, -0.25) is 0 Å². The average molecular weight is 461 g/mol. The lowest BCUT2D eigenvalue weighted by Crippen LogP contribution is -2.35. The summed E-state index contributed by atoms with van der Waals surface area (Å²) in [5.74, 6) is -2.34. The van der Waals surface area contributed by atoms with Crippen molar-refractivity contribution >= 4 is 34.6 Å². The molecule has 3 heterocycles. The number of carboxylic acid groups (broad SMARTS) is 2. The normalized spacial score (nSPS) is 10.3. The quantitative estimate of drug-likeness (QED) is 0.425. The van der Waals surface area contributed by atoms with Gasteiger partial charge in [-0.25, -0.2) is 14.6 Å². The SMILES string of the molecule is N#Cc1ccc(-c2nc(-[n+]3cnc(-c4ncsc4C(=O)O)cc3C#N)sc2C(=O)O)cc1. The summed E-state index contributed by atoms with van der Waals surface area (Å²) in [5, 5.41) is 37.7. The standard InChI is InChI=1S/C20H8N6O4S2/c21-6-10-1-3-11(4-2-10)14-17(19(29)30)32-20(25-14)26-8-23-13(5-12(26)7-22)15-16(18(27)28)31-9-24-15/h1-5,8-9H,(H-,27,28,29,30)/p+1. The van der Waals surface area contributed by atoms with E-state index < -0.39 is 11.9 Å². The summed E-state index contributed by atoms with van der Waals surface area (Å²) in [6, 6.07) is 11.6. The van der Waals surface area contributed by atoms with Gasteiger partial charge in [0.1, 0.15) is 16.6 Å². The maximum absolute atomic E-state index is 11.8. The van der Waals surface area contributed by atoms with E-state index in [-0.39, 0.29) is 37.7 Å². The van der Waals surface area contributed by atoms with Gasteiger partial charge in [-0.2, -0.15) is 15.1 Å². The zero-order valence-corrected chi connectivity index (χ0v) is 17.4. The molecular weight excluding hydrogens is 452 g/mol. The molecule has 0 aliphatic carbocycles. The van der Waals surface area contributed by atoms with Gasteiger partial charge in [0.2, 0.25) is 6.33 Å². The lowest BCUT2D eigenvalue weighted by molar-refractivity contribution is -0.601.